The topological polar surface area (TPSA) is 61.4 Å². The molecule has 1 fully saturated rings. The van der Waals surface area contributed by atoms with Gasteiger partial charge in [-0.25, -0.2) is 4.79 Å². The third-order valence-corrected chi connectivity index (χ3v) is 5.64. The predicted molar refractivity (Wildman–Crippen MR) is 110 cm³/mol. The number of carbonyl (C=O) groups excluding carboxylic acids is 2. The molecular formula is C21H27N3O2S. The average molecular weight is 386 g/mol. The minimum atomic E-state index is -0.224. The van der Waals surface area contributed by atoms with Gasteiger partial charge in [-0.3, -0.25) is 4.79 Å². The van der Waals surface area contributed by atoms with Crippen LogP contribution in [0.1, 0.15) is 50.1 Å². The molecule has 0 aliphatic carbocycles. The number of thiophene rings is 1. The Morgan fingerprint density at radius 3 is 2.70 bits per heavy atom. The summed E-state index contributed by atoms with van der Waals surface area (Å²) in [5.74, 6) is 0.204. The van der Waals surface area contributed by atoms with Gasteiger partial charge in [0.15, 0.2) is 0 Å². The van der Waals surface area contributed by atoms with Crippen molar-refractivity contribution in [3.63, 3.8) is 0 Å². The molecule has 1 saturated heterocycles. The average Bonchev–Trinajstić information content (AvgIpc) is 3.24. The number of likely N-dealkylation sites (tertiary alicyclic amines) is 1. The highest BCUT2D eigenvalue weighted by molar-refractivity contribution is 7.10. The zero-order chi connectivity index (χ0) is 19.4. The van der Waals surface area contributed by atoms with E-state index in [1.807, 2.05) is 40.6 Å². The van der Waals surface area contributed by atoms with Gasteiger partial charge >= 0.3 is 6.03 Å². The third-order valence-electron chi connectivity index (χ3n) is 4.70. The van der Waals surface area contributed by atoms with Crippen molar-refractivity contribution in [1.29, 1.82) is 0 Å². The first-order chi connectivity index (χ1) is 12.8. The summed E-state index contributed by atoms with van der Waals surface area (Å²) in [6.45, 7) is 7.75. The monoisotopic (exact) mass is 385 g/mol. The van der Waals surface area contributed by atoms with Crippen LogP contribution in [0, 0.1) is 5.41 Å². The van der Waals surface area contributed by atoms with Crippen LogP contribution in [0.25, 0.3) is 0 Å². The number of nitrogens with one attached hydrogen (secondary N) is 2. The van der Waals surface area contributed by atoms with E-state index in [0.717, 1.165) is 29.1 Å². The summed E-state index contributed by atoms with van der Waals surface area (Å²) < 4.78 is 0. The molecule has 144 valence electrons. The molecule has 3 amide bonds. The molecule has 0 saturated carbocycles. The van der Waals surface area contributed by atoms with E-state index in [2.05, 4.69) is 37.5 Å². The van der Waals surface area contributed by atoms with E-state index in [-0.39, 0.29) is 23.4 Å². The van der Waals surface area contributed by atoms with Gasteiger partial charge in [0.25, 0.3) is 0 Å². The fourth-order valence-corrected chi connectivity index (χ4v) is 4.33. The second-order valence-electron chi connectivity index (χ2n) is 8.03. The Morgan fingerprint density at radius 1 is 1.26 bits per heavy atom. The van der Waals surface area contributed by atoms with Crippen LogP contribution in [0.2, 0.25) is 0 Å². The molecule has 1 aromatic heterocycles. The first-order valence-corrected chi connectivity index (χ1v) is 10.2. The maximum absolute atomic E-state index is 12.6. The van der Waals surface area contributed by atoms with Crippen LogP contribution in [0.3, 0.4) is 0 Å². The summed E-state index contributed by atoms with van der Waals surface area (Å²) in [7, 11) is 0. The fraction of sp³-hybridized carbons (Fsp3) is 0.429. The Balaban J connectivity index is 1.65. The van der Waals surface area contributed by atoms with E-state index >= 15 is 0 Å². The van der Waals surface area contributed by atoms with Crippen molar-refractivity contribution in [2.75, 3.05) is 11.9 Å². The third kappa shape index (κ3) is 5.10. The highest BCUT2D eigenvalue weighted by Crippen LogP contribution is 2.35. The molecule has 0 bridgehead atoms. The van der Waals surface area contributed by atoms with Crippen molar-refractivity contribution < 1.29 is 9.59 Å². The van der Waals surface area contributed by atoms with Crippen molar-refractivity contribution in [2.24, 2.45) is 5.41 Å². The molecule has 2 heterocycles. The molecular weight excluding hydrogens is 358 g/mol. The zero-order valence-electron chi connectivity index (χ0n) is 16.1. The zero-order valence-corrected chi connectivity index (χ0v) is 16.9. The lowest BCUT2D eigenvalue weighted by Crippen LogP contribution is -2.38. The lowest BCUT2D eigenvalue weighted by molar-refractivity contribution is -0.128. The van der Waals surface area contributed by atoms with Crippen LogP contribution in [0.4, 0.5) is 10.5 Å². The minimum absolute atomic E-state index is 0.0668. The van der Waals surface area contributed by atoms with Crippen LogP contribution >= 0.6 is 11.3 Å². The maximum atomic E-state index is 12.6. The summed E-state index contributed by atoms with van der Waals surface area (Å²) in [5, 5.41) is 8.06. The summed E-state index contributed by atoms with van der Waals surface area (Å²) in [6, 6.07) is 11.5. The van der Waals surface area contributed by atoms with Crippen molar-refractivity contribution in [1.82, 2.24) is 10.2 Å². The normalized spacial score (nSPS) is 15.7. The number of benzene rings is 1. The van der Waals surface area contributed by atoms with E-state index in [4.69, 9.17) is 0 Å². The number of rotatable bonds is 5. The van der Waals surface area contributed by atoms with Gasteiger partial charge in [0, 0.05) is 30.1 Å². The van der Waals surface area contributed by atoms with E-state index in [0.29, 0.717) is 13.0 Å². The fourth-order valence-electron chi connectivity index (χ4n) is 3.31. The molecule has 27 heavy (non-hydrogen) atoms. The lowest BCUT2D eigenvalue weighted by atomic mass is 9.86. The number of hydrogen-bond acceptors (Lipinski definition) is 3. The highest BCUT2D eigenvalue weighted by Gasteiger charge is 2.28. The van der Waals surface area contributed by atoms with E-state index in [9.17, 15) is 9.59 Å². The van der Waals surface area contributed by atoms with E-state index in [1.165, 1.54) is 0 Å². The molecule has 1 aliphatic rings. The molecule has 0 radical (unpaired) electrons. The van der Waals surface area contributed by atoms with Gasteiger partial charge in [0.2, 0.25) is 5.91 Å². The first kappa shape index (κ1) is 19.4. The van der Waals surface area contributed by atoms with Crippen LogP contribution in [0.15, 0.2) is 41.8 Å². The Hall–Kier alpha value is -2.34. The summed E-state index contributed by atoms with van der Waals surface area (Å²) in [5.41, 5.74) is 1.66. The molecule has 3 rings (SSSR count). The van der Waals surface area contributed by atoms with Crippen LogP contribution in [-0.2, 0) is 11.3 Å². The molecule has 1 aliphatic heterocycles. The van der Waals surface area contributed by atoms with Gasteiger partial charge in [-0.05, 0) is 41.0 Å². The summed E-state index contributed by atoms with van der Waals surface area (Å²) in [6.07, 6.45) is 1.56. The quantitative estimate of drug-likeness (QED) is 0.778. The molecule has 2 aromatic rings. The van der Waals surface area contributed by atoms with Gasteiger partial charge in [-0.1, -0.05) is 39.0 Å². The van der Waals surface area contributed by atoms with E-state index < -0.39 is 0 Å². The SMILES string of the molecule is CC(C)(C)[C@@H](NC(=O)Nc1cccc(CN2CCCC2=O)c1)c1cccs1. The number of hydrogen-bond donors (Lipinski definition) is 2. The Morgan fingerprint density at radius 2 is 2.07 bits per heavy atom. The minimum Gasteiger partial charge on any atom is -0.338 e. The van der Waals surface area contributed by atoms with Crippen molar-refractivity contribution >= 4 is 29.0 Å². The van der Waals surface area contributed by atoms with Crippen LogP contribution < -0.4 is 10.6 Å². The Kier molecular flexibility index (Phi) is 5.85. The number of nitrogens with zero attached hydrogens (tertiary/aromatic N) is 1. The molecule has 1 atom stereocenters. The van der Waals surface area contributed by atoms with E-state index in [1.54, 1.807) is 11.3 Å². The molecule has 2 N–H and O–H groups in total. The molecule has 0 unspecified atom stereocenters. The summed E-state index contributed by atoms with van der Waals surface area (Å²) in [4.78, 5) is 27.4. The van der Waals surface area contributed by atoms with Crippen molar-refractivity contribution in [3.05, 3.63) is 52.2 Å². The van der Waals surface area contributed by atoms with Gasteiger partial charge < -0.3 is 15.5 Å². The van der Waals surface area contributed by atoms with Crippen molar-refractivity contribution in [2.45, 2.75) is 46.2 Å². The molecule has 1 aromatic carbocycles. The number of amides is 3. The molecule has 6 heteroatoms. The van der Waals surface area contributed by atoms with Gasteiger partial charge in [0.1, 0.15) is 0 Å². The largest absolute Gasteiger partial charge is 0.338 e. The van der Waals surface area contributed by atoms with Crippen LogP contribution in [-0.4, -0.2) is 23.4 Å². The first-order valence-electron chi connectivity index (χ1n) is 9.30. The maximum Gasteiger partial charge on any atom is 0.319 e. The number of urea groups is 1. The van der Waals surface area contributed by atoms with Gasteiger partial charge in [-0.2, -0.15) is 0 Å². The Labute approximate surface area is 164 Å². The standard InChI is InChI=1S/C21H27N3O2S/c1-21(2,3)19(17-9-6-12-27-17)23-20(26)22-16-8-4-7-15(13-16)14-24-11-5-10-18(24)25/h4,6-9,12-13,19H,5,10-11,14H2,1-3H3,(H2,22,23,26)/t19-/m0/s1. The van der Waals surface area contributed by atoms with Gasteiger partial charge in [0.05, 0.1) is 6.04 Å². The number of carbonyl (C=O) groups is 2. The van der Waals surface area contributed by atoms with Crippen LogP contribution in [0.5, 0.6) is 0 Å². The van der Waals surface area contributed by atoms with Gasteiger partial charge in [-0.15, -0.1) is 11.3 Å². The highest BCUT2D eigenvalue weighted by atomic mass is 32.1. The Bertz CT molecular complexity index is 796. The second kappa shape index (κ2) is 8.13. The predicted octanol–water partition coefficient (Wildman–Crippen LogP) is 4.78. The lowest BCUT2D eigenvalue weighted by Gasteiger charge is -2.30. The summed E-state index contributed by atoms with van der Waals surface area (Å²) >= 11 is 1.65. The molecule has 0 spiro atoms. The molecule has 5 nitrogen and oxygen atoms in total. The number of anilines is 1. The smallest absolute Gasteiger partial charge is 0.319 e. The van der Waals surface area contributed by atoms with Crippen molar-refractivity contribution in [3.8, 4) is 0 Å². The second-order valence-corrected chi connectivity index (χ2v) is 9.01.